The Hall–Kier alpha value is -5.64. The molecule has 0 aliphatic heterocycles. The van der Waals surface area contributed by atoms with Crippen LogP contribution in [0.25, 0.3) is 0 Å². The van der Waals surface area contributed by atoms with Gasteiger partial charge in [-0.1, -0.05) is 56.4 Å². The van der Waals surface area contributed by atoms with Gasteiger partial charge in [0.2, 0.25) is 0 Å². The van der Waals surface area contributed by atoms with Gasteiger partial charge in [0.25, 0.3) is 11.8 Å². The Kier molecular flexibility index (Phi) is 13.8. The van der Waals surface area contributed by atoms with Crippen molar-refractivity contribution in [3.05, 3.63) is 118 Å². The molecule has 0 spiro atoms. The molecule has 4 aromatic rings. The summed E-state index contributed by atoms with van der Waals surface area (Å²) in [6, 6.07) is 20.2. The maximum Gasteiger partial charge on any atom is 0.343 e. The molecule has 0 radical (unpaired) electrons. The molecule has 0 aliphatic carbocycles. The highest BCUT2D eigenvalue weighted by atomic mass is 16.6. The molecule has 51 heavy (non-hydrogen) atoms. The number of unbranched alkanes of at least 4 members (excludes halogenated alkanes) is 4. The van der Waals surface area contributed by atoms with Crippen LogP contribution in [0, 0.1) is 20.8 Å². The van der Waals surface area contributed by atoms with E-state index in [4.69, 9.17) is 14.2 Å². The smallest absolute Gasteiger partial charge is 0.343 e. The van der Waals surface area contributed by atoms with Gasteiger partial charge in [-0.05, 0) is 105 Å². The standard InChI is InChI=1S/C41H46N2O8/c1-6-7-8-9-10-21-50-33-18-14-31(15-19-33)41(48)51-35-20-11-29(25-36(35)49-5)24-34(40(46)47)43-38(44)30-12-16-32(17-13-30)42-39(45)37-27(3)22-26(2)23-28(37)4/h11-20,22-23,25,34H,6-10,21,24H2,1-5H3,(H,42,45)(H,43,44)(H,46,47). The number of rotatable bonds is 17. The average molecular weight is 695 g/mol. The number of anilines is 1. The van der Waals surface area contributed by atoms with Gasteiger partial charge in [-0.3, -0.25) is 9.59 Å². The number of aliphatic carboxylic acids is 1. The number of carboxylic acids is 1. The molecule has 0 aromatic heterocycles. The van der Waals surface area contributed by atoms with Crippen LogP contribution in [0.15, 0.2) is 78.9 Å². The third-order valence-electron chi connectivity index (χ3n) is 8.39. The Morgan fingerprint density at radius 3 is 2.02 bits per heavy atom. The molecular formula is C41H46N2O8. The molecule has 268 valence electrons. The van der Waals surface area contributed by atoms with E-state index in [0.29, 0.717) is 34.7 Å². The molecule has 0 saturated heterocycles. The number of ether oxygens (including phenoxy) is 3. The number of aryl methyl sites for hydroxylation is 3. The van der Waals surface area contributed by atoms with Gasteiger partial charge in [-0.2, -0.15) is 0 Å². The van der Waals surface area contributed by atoms with Crippen LogP contribution in [0.5, 0.6) is 17.2 Å². The highest BCUT2D eigenvalue weighted by Gasteiger charge is 2.23. The number of carboxylic acid groups (broad SMARTS) is 1. The number of amides is 2. The van der Waals surface area contributed by atoms with Crippen LogP contribution in [0.4, 0.5) is 5.69 Å². The second-order valence-corrected chi connectivity index (χ2v) is 12.5. The summed E-state index contributed by atoms with van der Waals surface area (Å²) in [5.41, 5.74) is 4.98. The molecule has 10 heteroatoms. The molecule has 0 fully saturated rings. The summed E-state index contributed by atoms with van der Waals surface area (Å²) >= 11 is 0. The summed E-state index contributed by atoms with van der Waals surface area (Å²) in [5, 5.41) is 15.3. The number of nitrogens with one attached hydrogen (secondary N) is 2. The summed E-state index contributed by atoms with van der Waals surface area (Å²) in [5.74, 6) is -1.60. The maximum absolute atomic E-state index is 13.0. The van der Waals surface area contributed by atoms with Gasteiger partial charge in [-0.25, -0.2) is 9.59 Å². The van der Waals surface area contributed by atoms with Crippen LogP contribution in [0.1, 0.15) is 92.4 Å². The van der Waals surface area contributed by atoms with Crippen molar-refractivity contribution in [1.29, 1.82) is 0 Å². The lowest BCUT2D eigenvalue weighted by atomic mass is 9.99. The zero-order chi connectivity index (χ0) is 36.9. The lowest BCUT2D eigenvalue weighted by molar-refractivity contribution is -0.139. The molecule has 0 saturated carbocycles. The minimum atomic E-state index is -1.26. The zero-order valence-corrected chi connectivity index (χ0v) is 29.8. The number of hydrogen-bond acceptors (Lipinski definition) is 7. The van der Waals surface area contributed by atoms with Gasteiger partial charge in [0.05, 0.1) is 19.3 Å². The van der Waals surface area contributed by atoms with E-state index < -0.39 is 23.9 Å². The van der Waals surface area contributed by atoms with Crippen molar-refractivity contribution in [1.82, 2.24) is 5.32 Å². The summed E-state index contributed by atoms with van der Waals surface area (Å²) < 4.78 is 16.8. The maximum atomic E-state index is 13.0. The van der Waals surface area contributed by atoms with E-state index in [-0.39, 0.29) is 29.4 Å². The third kappa shape index (κ3) is 10.9. The fraction of sp³-hybridized carbons (Fsp3) is 0.317. The number of methoxy groups -OCH3 is 1. The Bertz CT molecular complexity index is 1810. The van der Waals surface area contributed by atoms with Crippen LogP contribution in [-0.4, -0.2) is 48.6 Å². The van der Waals surface area contributed by atoms with E-state index in [0.717, 1.165) is 29.5 Å². The summed E-state index contributed by atoms with van der Waals surface area (Å²) in [6.07, 6.45) is 5.65. The molecule has 10 nitrogen and oxygen atoms in total. The van der Waals surface area contributed by atoms with Crippen molar-refractivity contribution < 1.29 is 38.5 Å². The van der Waals surface area contributed by atoms with Crippen LogP contribution in [0.2, 0.25) is 0 Å². The van der Waals surface area contributed by atoms with E-state index in [9.17, 15) is 24.3 Å². The molecule has 2 amide bonds. The first-order chi connectivity index (χ1) is 24.5. The predicted molar refractivity (Wildman–Crippen MR) is 196 cm³/mol. The minimum absolute atomic E-state index is 0.0604. The summed E-state index contributed by atoms with van der Waals surface area (Å²) in [6.45, 7) is 8.54. The van der Waals surface area contributed by atoms with Crippen molar-refractivity contribution in [3.63, 3.8) is 0 Å². The Morgan fingerprint density at radius 1 is 0.745 bits per heavy atom. The fourth-order valence-corrected chi connectivity index (χ4v) is 5.78. The molecule has 1 atom stereocenters. The molecule has 0 bridgehead atoms. The van der Waals surface area contributed by atoms with Crippen LogP contribution in [0.3, 0.4) is 0 Å². The molecule has 3 N–H and O–H groups in total. The van der Waals surface area contributed by atoms with Crippen molar-refractivity contribution in [3.8, 4) is 17.2 Å². The van der Waals surface area contributed by atoms with Crippen molar-refractivity contribution >= 4 is 29.4 Å². The van der Waals surface area contributed by atoms with Crippen molar-refractivity contribution in [2.45, 2.75) is 72.3 Å². The lowest BCUT2D eigenvalue weighted by Gasteiger charge is -2.16. The first-order valence-electron chi connectivity index (χ1n) is 17.1. The third-order valence-corrected chi connectivity index (χ3v) is 8.39. The van der Waals surface area contributed by atoms with Gasteiger partial charge in [-0.15, -0.1) is 0 Å². The lowest BCUT2D eigenvalue weighted by Crippen LogP contribution is -2.42. The number of esters is 1. The van der Waals surface area contributed by atoms with Crippen molar-refractivity contribution in [2.75, 3.05) is 19.0 Å². The average Bonchev–Trinajstić information content (AvgIpc) is 3.10. The molecule has 0 aliphatic rings. The molecular weight excluding hydrogens is 648 g/mol. The Labute approximate surface area is 299 Å². The Balaban J connectivity index is 1.33. The van der Waals surface area contributed by atoms with Gasteiger partial charge < -0.3 is 30.0 Å². The minimum Gasteiger partial charge on any atom is -0.494 e. The van der Waals surface area contributed by atoms with Crippen LogP contribution in [-0.2, 0) is 11.2 Å². The zero-order valence-electron chi connectivity index (χ0n) is 29.8. The topological polar surface area (TPSA) is 140 Å². The number of hydrogen-bond donors (Lipinski definition) is 3. The highest BCUT2D eigenvalue weighted by molar-refractivity contribution is 6.06. The molecule has 0 heterocycles. The van der Waals surface area contributed by atoms with E-state index in [1.807, 2.05) is 32.9 Å². The van der Waals surface area contributed by atoms with Gasteiger partial charge in [0, 0.05) is 23.2 Å². The second kappa shape index (κ2) is 18.4. The van der Waals surface area contributed by atoms with Crippen LogP contribution >= 0.6 is 0 Å². The van der Waals surface area contributed by atoms with Gasteiger partial charge >= 0.3 is 11.9 Å². The number of benzene rings is 4. The van der Waals surface area contributed by atoms with E-state index >= 15 is 0 Å². The monoisotopic (exact) mass is 694 g/mol. The second-order valence-electron chi connectivity index (χ2n) is 12.5. The highest BCUT2D eigenvalue weighted by Crippen LogP contribution is 2.30. The van der Waals surface area contributed by atoms with Gasteiger partial charge in [0.1, 0.15) is 11.8 Å². The first-order valence-corrected chi connectivity index (χ1v) is 17.1. The molecule has 4 aromatic carbocycles. The van der Waals surface area contributed by atoms with E-state index in [1.165, 1.54) is 44.6 Å². The number of carbonyl (C=O) groups is 4. The predicted octanol–water partition coefficient (Wildman–Crippen LogP) is 7.87. The van der Waals surface area contributed by atoms with E-state index in [1.54, 1.807) is 48.5 Å². The quantitative estimate of drug-likeness (QED) is 0.0577. The normalized spacial score (nSPS) is 11.3. The largest absolute Gasteiger partial charge is 0.494 e. The summed E-state index contributed by atoms with van der Waals surface area (Å²) in [4.78, 5) is 51.0. The number of carbonyl (C=O) groups excluding carboxylic acids is 3. The van der Waals surface area contributed by atoms with Crippen LogP contribution < -0.4 is 24.8 Å². The summed E-state index contributed by atoms with van der Waals surface area (Å²) in [7, 11) is 1.41. The molecule has 4 rings (SSSR count). The Morgan fingerprint density at radius 2 is 1.39 bits per heavy atom. The van der Waals surface area contributed by atoms with Crippen molar-refractivity contribution in [2.24, 2.45) is 0 Å². The SMILES string of the molecule is CCCCCCCOc1ccc(C(=O)Oc2ccc(CC(NC(=O)c3ccc(NC(=O)c4c(C)cc(C)cc4C)cc3)C(=O)O)cc2OC)cc1. The van der Waals surface area contributed by atoms with E-state index in [2.05, 4.69) is 17.6 Å². The van der Waals surface area contributed by atoms with Gasteiger partial charge in [0.15, 0.2) is 11.5 Å². The first kappa shape index (κ1) is 38.2. The molecule has 1 unspecified atom stereocenters. The fourth-order valence-electron chi connectivity index (χ4n) is 5.78.